The topological polar surface area (TPSA) is 83.7 Å². The number of amides is 1. The lowest BCUT2D eigenvalue weighted by molar-refractivity contribution is 0.0996. The van der Waals surface area contributed by atoms with Crippen LogP contribution >= 0.6 is 0 Å². The van der Waals surface area contributed by atoms with Gasteiger partial charge in [-0.1, -0.05) is 18.2 Å². The lowest BCUT2D eigenvalue weighted by Crippen LogP contribution is -1.98. The minimum atomic E-state index is -0.664. The molecule has 3 aromatic rings. The molecule has 0 fully saturated rings. The Morgan fingerprint density at radius 3 is 2.90 bits per heavy atom. The summed E-state index contributed by atoms with van der Waals surface area (Å²) in [5, 5.41) is 5.08. The van der Waals surface area contributed by atoms with Crippen molar-refractivity contribution in [1.82, 2.24) is 9.55 Å². The molecule has 0 atom stereocenters. The van der Waals surface area contributed by atoms with Gasteiger partial charge in [-0.2, -0.15) is 0 Å². The number of azide groups is 1. The monoisotopic (exact) mass is 265 g/mol. The van der Waals surface area contributed by atoms with Gasteiger partial charge in [-0.3, -0.25) is 9.78 Å². The number of hydrogen-bond donors (Lipinski definition) is 0. The van der Waals surface area contributed by atoms with Gasteiger partial charge < -0.3 is 4.57 Å². The van der Waals surface area contributed by atoms with Crippen LogP contribution in [-0.2, 0) is 6.54 Å². The Kier molecular flexibility index (Phi) is 2.85. The van der Waals surface area contributed by atoms with Crippen molar-refractivity contribution in [3.63, 3.8) is 0 Å². The van der Waals surface area contributed by atoms with Crippen molar-refractivity contribution in [3.8, 4) is 0 Å². The number of carbonyl (C=O) groups is 1. The maximum absolute atomic E-state index is 11.6. The Balaban J connectivity index is 2.37. The highest BCUT2D eigenvalue weighted by Crippen LogP contribution is 2.28. The van der Waals surface area contributed by atoms with Crippen molar-refractivity contribution in [2.45, 2.75) is 13.5 Å². The fourth-order valence-corrected chi connectivity index (χ4v) is 2.50. The summed E-state index contributed by atoms with van der Waals surface area (Å²) < 4.78 is 2.14. The first-order valence-corrected chi connectivity index (χ1v) is 6.22. The molecule has 6 heteroatoms. The molecule has 0 aliphatic heterocycles. The van der Waals surface area contributed by atoms with E-state index in [4.69, 9.17) is 5.53 Å². The molecule has 0 saturated carbocycles. The van der Waals surface area contributed by atoms with Crippen LogP contribution in [0.1, 0.15) is 17.4 Å². The van der Waals surface area contributed by atoms with Crippen LogP contribution in [-0.4, -0.2) is 15.5 Å². The second-order valence-corrected chi connectivity index (χ2v) is 4.34. The van der Waals surface area contributed by atoms with Gasteiger partial charge in [-0.15, -0.1) is 0 Å². The summed E-state index contributed by atoms with van der Waals surface area (Å²) in [6.07, 6.45) is 1.65. The lowest BCUT2D eigenvalue weighted by atomic mass is 10.1. The Hall–Kier alpha value is -2.85. The second-order valence-electron chi connectivity index (χ2n) is 4.34. The molecule has 3 rings (SSSR count). The fraction of sp³-hybridized carbons (Fsp3) is 0.143. The van der Waals surface area contributed by atoms with E-state index >= 15 is 0 Å². The lowest BCUT2D eigenvalue weighted by Gasteiger charge is -2.02. The van der Waals surface area contributed by atoms with Gasteiger partial charge in [0.2, 0.25) is 0 Å². The molecule has 0 saturated heterocycles. The summed E-state index contributed by atoms with van der Waals surface area (Å²) in [5.41, 5.74) is 10.6. The first-order chi connectivity index (χ1) is 9.76. The zero-order valence-corrected chi connectivity index (χ0v) is 10.8. The number of fused-ring (bicyclic) bond motifs is 3. The predicted molar refractivity (Wildman–Crippen MR) is 76.4 cm³/mol. The van der Waals surface area contributed by atoms with E-state index in [9.17, 15) is 4.79 Å². The highest BCUT2D eigenvalue weighted by atomic mass is 16.1. The number of rotatable bonds is 2. The van der Waals surface area contributed by atoms with E-state index in [0.29, 0.717) is 0 Å². The number of carbonyl (C=O) groups excluding carboxylic acids is 1. The molecular formula is C14H11N5O. The second kappa shape index (κ2) is 4.68. The first kappa shape index (κ1) is 12.2. The van der Waals surface area contributed by atoms with Crippen LogP contribution in [0.3, 0.4) is 0 Å². The molecule has 0 radical (unpaired) electrons. The Morgan fingerprint density at radius 2 is 2.15 bits per heavy atom. The number of nitrogens with zero attached hydrogens (tertiary/aromatic N) is 5. The van der Waals surface area contributed by atoms with Crippen LogP contribution in [0.4, 0.5) is 0 Å². The van der Waals surface area contributed by atoms with E-state index in [1.54, 1.807) is 12.3 Å². The Morgan fingerprint density at radius 1 is 1.35 bits per heavy atom. The van der Waals surface area contributed by atoms with Crippen molar-refractivity contribution in [2.75, 3.05) is 0 Å². The van der Waals surface area contributed by atoms with Gasteiger partial charge in [0.1, 0.15) is 5.69 Å². The third-order valence-corrected chi connectivity index (χ3v) is 3.33. The molecule has 0 aliphatic carbocycles. The van der Waals surface area contributed by atoms with Gasteiger partial charge >= 0.3 is 0 Å². The summed E-state index contributed by atoms with van der Waals surface area (Å²) in [5.74, 6) is -0.664. The van der Waals surface area contributed by atoms with Gasteiger partial charge in [-0.05, 0) is 29.7 Å². The van der Waals surface area contributed by atoms with Crippen molar-refractivity contribution in [3.05, 3.63) is 52.7 Å². The molecule has 6 nitrogen and oxygen atoms in total. The van der Waals surface area contributed by atoms with Gasteiger partial charge in [0.15, 0.2) is 0 Å². The number of aromatic nitrogens is 2. The molecule has 0 aliphatic rings. The molecule has 0 N–H and O–H groups in total. The average Bonchev–Trinajstić information content (AvgIpc) is 2.80. The number of benzene rings is 1. The summed E-state index contributed by atoms with van der Waals surface area (Å²) >= 11 is 0. The third-order valence-electron chi connectivity index (χ3n) is 3.33. The SMILES string of the molecule is CCn1c2ccccc2c2cc(C(=O)N=[N+]=[N-])ncc21. The number of aryl methyl sites for hydroxylation is 1. The maximum Gasteiger partial charge on any atom is 0.267 e. The summed E-state index contributed by atoms with van der Waals surface area (Å²) in [7, 11) is 0. The van der Waals surface area contributed by atoms with Crippen LogP contribution in [0.25, 0.3) is 32.2 Å². The van der Waals surface area contributed by atoms with E-state index in [0.717, 1.165) is 28.4 Å². The van der Waals surface area contributed by atoms with E-state index in [2.05, 4.69) is 26.5 Å². The minimum Gasteiger partial charge on any atom is -0.339 e. The van der Waals surface area contributed by atoms with Crippen LogP contribution < -0.4 is 0 Å². The molecule has 1 aromatic carbocycles. The third kappa shape index (κ3) is 1.71. The van der Waals surface area contributed by atoms with Crippen molar-refractivity contribution in [1.29, 1.82) is 0 Å². The number of para-hydroxylation sites is 1. The zero-order valence-electron chi connectivity index (χ0n) is 10.8. The van der Waals surface area contributed by atoms with Gasteiger partial charge in [0, 0.05) is 27.7 Å². The summed E-state index contributed by atoms with van der Waals surface area (Å²) in [6, 6.07) is 9.66. The van der Waals surface area contributed by atoms with E-state index in [1.165, 1.54) is 0 Å². The van der Waals surface area contributed by atoms with Crippen molar-refractivity contribution in [2.24, 2.45) is 5.11 Å². The molecule has 2 heterocycles. The Labute approximate surface area is 114 Å². The number of hydrogen-bond acceptors (Lipinski definition) is 2. The molecule has 0 spiro atoms. The standard InChI is InChI=1S/C14H11N5O/c1-2-19-12-6-4-3-5-9(12)10-7-11(14(20)17-18-15)16-8-13(10)19/h3-8H,2H2,1H3. The molecular weight excluding hydrogens is 254 g/mol. The van der Waals surface area contributed by atoms with Crippen molar-refractivity contribution >= 4 is 27.7 Å². The van der Waals surface area contributed by atoms with Crippen LogP contribution in [0, 0.1) is 0 Å². The molecule has 98 valence electrons. The summed E-state index contributed by atoms with van der Waals surface area (Å²) in [4.78, 5) is 18.2. The number of pyridine rings is 1. The Bertz CT molecular complexity index is 874. The van der Waals surface area contributed by atoms with E-state index < -0.39 is 5.91 Å². The minimum absolute atomic E-state index is 0.161. The van der Waals surface area contributed by atoms with E-state index in [-0.39, 0.29) is 5.69 Å². The smallest absolute Gasteiger partial charge is 0.267 e. The fourth-order valence-electron chi connectivity index (χ4n) is 2.50. The molecule has 0 unspecified atom stereocenters. The highest BCUT2D eigenvalue weighted by molar-refractivity contribution is 6.09. The van der Waals surface area contributed by atoms with Crippen LogP contribution in [0.15, 0.2) is 41.6 Å². The van der Waals surface area contributed by atoms with E-state index in [1.807, 2.05) is 24.3 Å². The van der Waals surface area contributed by atoms with Gasteiger partial charge in [0.05, 0.1) is 11.7 Å². The maximum atomic E-state index is 11.6. The van der Waals surface area contributed by atoms with Crippen molar-refractivity contribution < 1.29 is 4.79 Å². The average molecular weight is 265 g/mol. The van der Waals surface area contributed by atoms with Gasteiger partial charge in [0.25, 0.3) is 5.91 Å². The van der Waals surface area contributed by atoms with Gasteiger partial charge in [-0.25, -0.2) is 0 Å². The molecule has 1 amide bonds. The van der Waals surface area contributed by atoms with Crippen LogP contribution in [0.5, 0.6) is 0 Å². The quantitative estimate of drug-likeness (QED) is 0.402. The zero-order chi connectivity index (χ0) is 14.1. The molecule has 0 bridgehead atoms. The normalized spacial score (nSPS) is 10.7. The first-order valence-electron chi connectivity index (χ1n) is 6.22. The highest BCUT2D eigenvalue weighted by Gasteiger charge is 2.12. The largest absolute Gasteiger partial charge is 0.339 e. The van der Waals surface area contributed by atoms with Crippen LogP contribution in [0.2, 0.25) is 0 Å². The molecule has 20 heavy (non-hydrogen) atoms. The predicted octanol–water partition coefficient (Wildman–Crippen LogP) is 3.66. The molecule has 2 aromatic heterocycles. The summed E-state index contributed by atoms with van der Waals surface area (Å²) in [6.45, 7) is 2.88.